The molecule has 2 aliphatic rings. The first-order chi connectivity index (χ1) is 11.7. The van der Waals surface area contributed by atoms with Crippen molar-refractivity contribution in [2.24, 2.45) is 5.92 Å². The molecule has 2 atom stereocenters. The summed E-state index contributed by atoms with van der Waals surface area (Å²) in [7, 11) is 0. The minimum absolute atomic E-state index is 0.112. The molecule has 0 spiro atoms. The van der Waals surface area contributed by atoms with E-state index in [2.05, 4.69) is 5.10 Å². The van der Waals surface area contributed by atoms with Gasteiger partial charge in [-0.3, -0.25) is 9.48 Å². The van der Waals surface area contributed by atoms with Gasteiger partial charge in [-0.15, -0.1) is 0 Å². The van der Waals surface area contributed by atoms with E-state index in [1.165, 1.54) is 0 Å². The molecule has 2 aromatic rings. The normalized spacial score (nSPS) is 22.9. The van der Waals surface area contributed by atoms with Gasteiger partial charge in [0.25, 0.3) is 5.91 Å². The topological polar surface area (TPSA) is 56.6 Å². The van der Waals surface area contributed by atoms with Gasteiger partial charge in [-0.1, -0.05) is 18.2 Å². The molecule has 1 saturated heterocycles. The van der Waals surface area contributed by atoms with Gasteiger partial charge >= 0.3 is 0 Å². The average molecular weight is 331 g/mol. The summed E-state index contributed by atoms with van der Waals surface area (Å²) in [6.45, 7) is 2.22. The van der Waals surface area contributed by atoms with Crippen LogP contribution in [0.4, 0.5) is 4.39 Å². The summed E-state index contributed by atoms with van der Waals surface area (Å²) in [4.78, 5) is 14.2. The molecule has 0 aliphatic carbocycles. The van der Waals surface area contributed by atoms with E-state index >= 15 is 0 Å². The van der Waals surface area contributed by atoms with Crippen molar-refractivity contribution in [3.63, 3.8) is 0 Å². The predicted octanol–water partition coefficient (Wildman–Crippen LogP) is 1.86. The fourth-order valence-electron chi connectivity index (χ4n) is 2.93. The van der Waals surface area contributed by atoms with Crippen LogP contribution in [0.2, 0.25) is 0 Å². The van der Waals surface area contributed by atoms with Crippen molar-refractivity contribution >= 4 is 5.91 Å². The lowest BCUT2D eigenvalue weighted by Gasteiger charge is -2.36. The highest BCUT2D eigenvalue weighted by Crippen LogP contribution is 2.24. The molecule has 0 saturated carbocycles. The molecule has 2 aliphatic heterocycles. The van der Waals surface area contributed by atoms with E-state index in [0.717, 1.165) is 5.75 Å². The standard InChI is InChI=1S/C17H18FN3O3/c18-16-12(10-24-16)9-20-6-7-21-15(17(20)22)8-13(19-21)11-23-14-4-2-1-3-5-14/h1-5,8,12,16H,6-7,9-11H2/t12-,16?/m1/s1. The Morgan fingerprint density at radius 3 is 2.83 bits per heavy atom. The summed E-state index contributed by atoms with van der Waals surface area (Å²) in [6, 6.07) is 11.2. The fraction of sp³-hybridized carbons (Fsp3) is 0.412. The maximum atomic E-state index is 13.2. The number of carbonyl (C=O) groups excluding carboxylic acids is 1. The number of para-hydroxylation sites is 1. The number of ether oxygens (including phenoxy) is 2. The van der Waals surface area contributed by atoms with E-state index in [1.807, 2.05) is 30.3 Å². The molecular formula is C17H18FN3O3. The molecule has 7 heteroatoms. The predicted molar refractivity (Wildman–Crippen MR) is 83.2 cm³/mol. The number of alkyl halides is 1. The van der Waals surface area contributed by atoms with Gasteiger partial charge in [0.1, 0.15) is 23.7 Å². The average Bonchev–Trinajstić information content (AvgIpc) is 3.03. The lowest BCUT2D eigenvalue weighted by atomic mass is 10.1. The molecule has 1 fully saturated rings. The minimum Gasteiger partial charge on any atom is -0.487 e. The Kier molecular flexibility index (Phi) is 3.93. The molecule has 1 unspecified atom stereocenters. The number of hydrogen-bond acceptors (Lipinski definition) is 4. The van der Waals surface area contributed by atoms with E-state index in [0.29, 0.717) is 44.2 Å². The second-order valence-electron chi connectivity index (χ2n) is 6.04. The summed E-state index contributed by atoms with van der Waals surface area (Å²) in [5.74, 6) is 0.429. The summed E-state index contributed by atoms with van der Waals surface area (Å²) >= 11 is 0. The highest BCUT2D eigenvalue weighted by Gasteiger charge is 2.36. The number of fused-ring (bicyclic) bond motifs is 1. The van der Waals surface area contributed by atoms with Crippen molar-refractivity contribution in [3.05, 3.63) is 47.8 Å². The van der Waals surface area contributed by atoms with Crippen LogP contribution in [-0.4, -0.2) is 46.6 Å². The first kappa shape index (κ1) is 15.1. The molecular weight excluding hydrogens is 313 g/mol. The van der Waals surface area contributed by atoms with E-state index in [-0.39, 0.29) is 11.8 Å². The Hall–Kier alpha value is -2.41. The first-order valence-electron chi connectivity index (χ1n) is 8.00. The lowest BCUT2D eigenvalue weighted by molar-refractivity contribution is -0.191. The number of halogens is 1. The van der Waals surface area contributed by atoms with Gasteiger partial charge in [0.2, 0.25) is 6.36 Å². The van der Waals surface area contributed by atoms with E-state index in [9.17, 15) is 9.18 Å². The van der Waals surface area contributed by atoms with Crippen molar-refractivity contribution < 1.29 is 18.7 Å². The van der Waals surface area contributed by atoms with Crippen LogP contribution < -0.4 is 4.74 Å². The van der Waals surface area contributed by atoms with Gasteiger partial charge in [-0.2, -0.15) is 5.10 Å². The summed E-state index contributed by atoms with van der Waals surface area (Å²) in [5, 5.41) is 4.42. The summed E-state index contributed by atoms with van der Waals surface area (Å²) in [6.07, 6.45) is -1.25. The van der Waals surface area contributed by atoms with Gasteiger partial charge in [0, 0.05) is 13.1 Å². The number of carbonyl (C=O) groups is 1. The zero-order chi connectivity index (χ0) is 16.5. The molecule has 4 rings (SSSR count). The Morgan fingerprint density at radius 1 is 1.29 bits per heavy atom. The van der Waals surface area contributed by atoms with Crippen LogP contribution in [0.25, 0.3) is 0 Å². The Balaban J connectivity index is 1.42. The number of hydrogen-bond donors (Lipinski definition) is 0. The van der Waals surface area contributed by atoms with E-state index < -0.39 is 6.36 Å². The Labute approximate surface area is 138 Å². The number of amides is 1. The molecule has 0 bridgehead atoms. The van der Waals surface area contributed by atoms with Gasteiger partial charge in [0.05, 0.1) is 19.1 Å². The summed E-state index contributed by atoms with van der Waals surface area (Å²) in [5.41, 5.74) is 1.24. The molecule has 0 radical (unpaired) electrons. The van der Waals surface area contributed by atoms with E-state index in [4.69, 9.17) is 9.47 Å². The highest BCUT2D eigenvalue weighted by molar-refractivity contribution is 5.93. The number of aromatic nitrogens is 2. The van der Waals surface area contributed by atoms with Gasteiger partial charge in [-0.25, -0.2) is 4.39 Å². The molecule has 3 heterocycles. The number of benzene rings is 1. The molecule has 1 aromatic carbocycles. The lowest BCUT2D eigenvalue weighted by Crippen LogP contribution is -2.49. The van der Waals surface area contributed by atoms with E-state index in [1.54, 1.807) is 15.6 Å². The smallest absolute Gasteiger partial charge is 0.272 e. The van der Waals surface area contributed by atoms with Gasteiger partial charge in [-0.05, 0) is 18.2 Å². The van der Waals surface area contributed by atoms with Crippen LogP contribution in [0.3, 0.4) is 0 Å². The maximum absolute atomic E-state index is 13.2. The zero-order valence-electron chi connectivity index (χ0n) is 13.1. The SMILES string of the molecule is O=C1c2cc(COc3ccccc3)nn2CCN1C[C@@H]1COC1F. The minimum atomic E-state index is -1.25. The quantitative estimate of drug-likeness (QED) is 0.839. The van der Waals surface area contributed by atoms with Crippen LogP contribution in [0, 0.1) is 5.92 Å². The third-order valence-electron chi connectivity index (χ3n) is 4.34. The molecule has 126 valence electrons. The second kappa shape index (κ2) is 6.24. The van der Waals surface area contributed by atoms with Crippen LogP contribution in [0.5, 0.6) is 5.75 Å². The van der Waals surface area contributed by atoms with Crippen molar-refractivity contribution in [1.29, 1.82) is 0 Å². The molecule has 24 heavy (non-hydrogen) atoms. The van der Waals surface area contributed by atoms with Crippen molar-refractivity contribution in [1.82, 2.24) is 14.7 Å². The number of rotatable bonds is 5. The van der Waals surface area contributed by atoms with Crippen LogP contribution in [0.1, 0.15) is 16.2 Å². The third-order valence-corrected chi connectivity index (χ3v) is 4.34. The van der Waals surface area contributed by atoms with Gasteiger partial charge < -0.3 is 14.4 Å². The number of nitrogens with zero attached hydrogens (tertiary/aromatic N) is 3. The van der Waals surface area contributed by atoms with Gasteiger partial charge in [0.15, 0.2) is 0 Å². The monoisotopic (exact) mass is 331 g/mol. The third kappa shape index (κ3) is 2.87. The second-order valence-corrected chi connectivity index (χ2v) is 6.04. The van der Waals surface area contributed by atoms with Crippen molar-refractivity contribution in [2.45, 2.75) is 19.5 Å². The Morgan fingerprint density at radius 2 is 2.12 bits per heavy atom. The molecule has 6 nitrogen and oxygen atoms in total. The first-order valence-corrected chi connectivity index (χ1v) is 8.00. The zero-order valence-corrected chi connectivity index (χ0v) is 13.1. The van der Waals surface area contributed by atoms with Crippen LogP contribution in [-0.2, 0) is 17.9 Å². The fourth-order valence-corrected chi connectivity index (χ4v) is 2.93. The van der Waals surface area contributed by atoms with Crippen LogP contribution in [0.15, 0.2) is 36.4 Å². The maximum Gasteiger partial charge on any atom is 0.272 e. The van der Waals surface area contributed by atoms with Crippen molar-refractivity contribution in [2.75, 3.05) is 19.7 Å². The molecule has 1 aromatic heterocycles. The highest BCUT2D eigenvalue weighted by atomic mass is 19.1. The van der Waals surface area contributed by atoms with Crippen LogP contribution >= 0.6 is 0 Å². The largest absolute Gasteiger partial charge is 0.487 e. The Bertz CT molecular complexity index is 734. The summed E-state index contributed by atoms with van der Waals surface area (Å²) < 4.78 is 25.3. The molecule has 1 amide bonds. The van der Waals surface area contributed by atoms with Crippen molar-refractivity contribution in [3.8, 4) is 5.75 Å². The molecule has 0 N–H and O–H groups in total.